The van der Waals surface area contributed by atoms with Gasteiger partial charge in [0.2, 0.25) is 0 Å². The highest BCUT2D eigenvalue weighted by Crippen LogP contribution is 2.33. The van der Waals surface area contributed by atoms with Crippen LogP contribution in [0.2, 0.25) is 0 Å². The molecule has 1 aliphatic rings. The first-order valence-corrected chi connectivity index (χ1v) is 6.55. The van der Waals surface area contributed by atoms with Crippen LogP contribution in [-0.2, 0) is 4.74 Å². The number of likely N-dealkylation sites (tertiary alicyclic amines) is 1. The largest absolute Gasteiger partial charge is 0.444 e. The summed E-state index contributed by atoms with van der Waals surface area (Å²) < 4.78 is 5.46. The van der Waals surface area contributed by atoms with Crippen LogP contribution in [0.25, 0.3) is 0 Å². The molecular formula is C13H26N2O2. The molecule has 17 heavy (non-hydrogen) atoms. The first-order valence-electron chi connectivity index (χ1n) is 6.55. The van der Waals surface area contributed by atoms with Crippen molar-refractivity contribution in [1.29, 1.82) is 0 Å². The third-order valence-corrected chi connectivity index (χ3v) is 3.31. The molecule has 1 fully saturated rings. The molecular weight excluding hydrogens is 216 g/mol. The lowest BCUT2D eigenvalue weighted by Crippen LogP contribution is -2.53. The molecule has 1 saturated heterocycles. The number of nitrogens with two attached hydrogens (primary N) is 1. The summed E-state index contributed by atoms with van der Waals surface area (Å²) in [7, 11) is 0. The zero-order chi connectivity index (χ0) is 13.1. The number of hydrogen-bond donors (Lipinski definition) is 1. The van der Waals surface area contributed by atoms with Gasteiger partial charge >= 0.3 is 6.09 Å². The van der Waals surface area contributed by atoms with Gasteiger partial charge < -0.3 is 15.4 Å². The fourth-order valence-corrected chi connectivity index (χ4v) is 2.58. The predicted molar refractivity (Wildman–Crippen MR) is 68.9 cm³/mol. The van der Waals surface area contributed by atoms with Crippen molar-refractivity contribution in [3.8, 4) is 0 Å². The lowest BCUT2D eigenvalue weighted by Gasteiger charge is -2.38. The van der Waals surface area contributed by atoms with Crippen molar-refractivity contribution in [1.82, 2.24) is 4.90 Å². The summed E-state index contributed by atoms with van der Waals surface area (Å²) in [6, 6.07) is 0. The van der Waals surface area contributed by atoms with E-state index in [0.717, 1.165) is 32.2 Å². The molecule has 4 heteroatoms. The van der Waals surface area contributed by atoms with Gasteiger partial charge in [-0.15, -0.1) is 0 Å². The molecule has 1 heterocycles. The van der Waals surface area contributed by atoms with Crippen LogP contribution >= 0.6 is 0 Å². The highest BCUT2D eigenvalue weighted by atomic mass is 16.6. The van der Waals surface area contributed by atoms with Crippen molar-refractivity contribution in [2.75, 3.05) is 13.1 Å². The quantitative estimate of drug-likeness (QED) is 0.827. The molecule has 2 N–H and O–H groups in total. The number of hydrogen-bond acceptors (Lipinski definition) is 3. The maximum atomic E-state index is 12.2. The van der Waals surface area contributed by atoms with Crippen molar-refractivity contribution in [2.45, 2.75) is 64.5 Å². The summed E-state index contributed by atoms with van der Waals surface area (Å²) in [5.41, 5.74) is 5.29. The van der Waals surface area contributed by atoms with Crippen LogP contribution in [0, 0.1) is 0 Å². The number of ether oxygens (including phenoxy) is 1. The summed E-state index contributed by atoms with van der Waals surface area (Å²) in [4.78, 5) is 14.0. The number of amides is 1. The predicted octanol–water partition coefficient (Wildman–Crippen LogP) is 2.51. The summed E-state index contributed by atoms with van der Waals surface area (Å²) in [6.45, 7) is 9.11. The number of carbonyl (C=O) groups excluding carboxylic acids is 1. The third kappa shape index (κ3) is 3.35. The van der Waals surface area contributed by atoms with Crippen LogP contribution in [0.4, 0.5) is 4.79 Å². The fraction of sp³-hybridized carbons (Fsp3) is 0.923. The van der Waals surface area contributed by atoms with Crippen molar-refractivity contribution < 1.29 is 9.53 Å². The second-order valence-corrected chi connectivity index (χ2v) is 5.91. The molecule has 1 rings (SSSR count). The zero-order valence-electron chi connectivity index (χ0n) is 11.6. The molecule has 1 amide bonds. The molecule has 0 bridgehead atoms. The average Bonchev–Trinajstić information content (AvgIpc) is 2.60. The molecule has 0 aromatic carbocycles. The zero-order valence-corrected chi connectivity index (χ0v) is 11.6. The molecule has 100 valence electrons. The highest BCUT2D eigenvalue weighted by molar-refractivity contribution is 5.69. The second kappa shape index (κ2) is 5.25. The van der Waals surface area contributed by atoms with Gasteiger partial charge in [-0.05, 0) is 40.0 Å². The Hall–Kier alpha value is -0.770. The summed E-state index contributed by atoms with van der Waals surface area (Å²) in [5.74, 6) is 0. The van der Waals surface area contributed by atoms with Gasteiger partial charge in [-0.2, -0.15) is 0 Å². The Morgan fingerprint density at radius 1 is 1.47 bits per heavy atom. The lowest BCUT2D eigenvalue weighted by atomic mass is 9.91. The Morgan fingerprint density at radius 2 is 2.12 bits per heavy atom. The Bertz CT molecular complexity index is 273. The molecule has 0 spiro atoms. The van der Waals surface area contributed by atoms with E-state index in [-0.39, 0.29) is 11.6 Å². The highest BCUT2D eigenvalue weighted by Gasteiger charge is 2.43. The molecule has 0 radical (unpaired) electrons. The smallest absolute Gasteiger partial charge is 0.410 e. The average molecular weight is 242 g/mol. The van der Waals surface area contributed by atoms with E-state index in [4.69, 9.17) is 10.5 Å². The Morgan fingerprint density at radius 3 is 2.59 bits per heavy atom. The monoisotopic (exact) mass is 242 g/mol. The molecule has 1 aliphatic heterocycles. The molecule has 0 aromatic rings. The first kappa shape index (κ1) is 14.3. The van der Waals surface area contributed by atoms with Gasteiger partial charge in [-0.1, -0.05) is 13.3 Å². The minimum absolute atomic E-state index is 0.170. The Balaban J connectivity index is 2.77. The van der Waals surface area contributed by atoms with Crippen LogP contribution in [0.3, 0.4) is 0 Å². The minimum atomic E-state index is -0.438. The van der Waals surface area contributed by atoms with Crippen LogP contribution in [0.5, 0.6) is 0 Å². The maximum Gasteiger partial charge on any atom is 0.410 e. The van der Waals surface area contributed by atoms with E-state index in [1.165, 1.54) is 0 Å². The fourth-order valence-electron chi connectivity index (χ4n) is 2.58. The van der Waals surface area contributed by atoms with Gasteiger partial charge in [0.05, 0.1) is 5.54 Å². The summed E-state index contributed by atoms with van der Waals surface area (Å²) in [6.07, 6.45) is 3.81. The van der Waals surface area contributed by atoms with Crippen molar-refractivity contribution in [2.24, 2.45) is 5.73 Å². The van der Waals surface area contributed by atoms with E-state index in [0.29, 0.717) is 6.54 Å². The Labute approximate surface area is 104 Å². The van der Waals surface area contributed by atoms with E-state index in [2.05, 4.69) is 6.92 Å². The standard InChI is InChI=1S/C13H26N2O2/c1-5-7-13(10-14)8-6-9-15(13)11(16)17-12(2,3)4/h5-10,14H2,1-4H3. The van der Waals surface area contributed by atoms with Crippen LogP contribution in [0.1, 0.15) is 53.4 Å². The van der Waals surface area contributed by atoms with E-state index >= 15 is 0 Å². The topological polar surface area (TPSA) is 55.6 Å². The maximum absolute atomic E-state index is 12.2. The summed E-state index contributed by atoms with van der Waals surface area (Å²) in [5, 5.41) is 0. The Kier molecular flexibility index (Phi) is 4.42. The van der Waals surface area contributed by atoms with Crippen molar-refractivity contribution in [3.05, 3.63) is 0 Å². The van der Waals surface area contributed by atoms with Gasteiger partial charge in [-0.25, -0.2) is 4.79 Å². The van der Waals surface area contributed by atoms with E-state index < -0.39 is 5.60 Å². The molecule has 1 unspecified atom stereocenters. The normalized spacial score (nSPS) is 25.1. The summed E-state index contributed by atoms with van der Waals surface area (Å²) >= 11 is 0. The van der Waals surface area contributed by atoms with Gasteiger partial charge in [0.15, 0.2) is 0 Å². The van der Waals surface area contributed by atoms with Crippen molar-refractivity contribution >= 4 is 6.09 Å². The van der Waals surface area contributed by atoms with Gasteiger partial charge in [0.1, 0.15) is 5.60 Å². The molecule has 0 aromatic heterocycles. The van der Waals surface area contributed by atoms with Gasteiger partial charge in [0, 0.05) is 13.1 Å². The van der Waals surface area contributed by atoms with Gasteiger partial charge in [0.25, 0.3) is 0 Å². The van der Waals surface area contributed by atoms with E-state index in [9.17, 15) is 4.79 Å². The van der Waals surface area contributed by atoms with Crippen LogP contribution in [-0.4, -0.2) is 35.2 Å². The lowest BCUT2D eigenvalue weighted by molar-refractivity contribution is 0.00755. The minimum Gasteiger partial charge on any atom is -0.444 e. The number of rotatable bonds is 3. The molecule has 0 aliphatic carbocycles. The van der Waals surface area contributed by atoms with E-state index in [1.807, 2.05) is 25.7 Å². The number of carbonyl (C=O) groups is 1. The molecule has 4 nitrogen and oxygen atoms in total. The van der Waals surface area contributed by atoms with Crippen LogP contribution in [0.15, 0.2) is 0 Å². The van der Waals surface area contributed by atoms with E-state index in [1.54, 1.807) is 0 Å². The SMILES string of the molecule is CCCC1(CN)CCCN1C(=O)OC(C)(C)C. The third-order valence-electron chi connectivity index (χ3n) is 3.31. The number of nitrogens with zero attached hydrogens (tertiary/aromatic N) is 1. The van der Waals surface area contributed by atoms with Gasteiger partial charge in [-0.3, -0.25) is 0 Å². The molecule has 0 saturated carbocycles. The van der Waals surface area contributed by atoms with Crippen LogP contribution < -0.4 is 5.73 Å². The first-order chi connectivity index (χ1) is 7.84. The second-order valence-electron chi connectivity index (χ2n) is 5.91. The van der Waals surface area contributed by atoms with Crippen molar-refractivity contribution in [3.63, 3.8) is 0 Å². The molecule has 1 atom stereocenters.